The molecule has 0 unspecified atom stereocenters. The monoisotopic (exact) mass is 436 g/mol. The van der Waals surface area contributed by atoms with Gasteiger partial charge in [0, 0.05) is 24.4 Å². The van der Waals surface area contributed by atoms with Gasteiger partial charge in [-0.15, -0.1) is 0 Å². The van der Waals surface area contributed by atoms with Crippen LogP contribution in [0.1, 0.15) is 49.0 Å². The molecule has 1 aliphatic heterocycles. The van der Waals surface area contributed by atoms with Crippen LogP contribution in [0.4, 0.5) is 5.82 Å². The Balaban J connectivity index is 1.79. The minimum absolute atomic E-state index is 0.0332. The highest BCUT2D eigenvalue weighted by molar-refractivity contribution is 7.89. The summed E-state index contributed by atoms with van der Waals surface area (Å²) >= 11 is 6.22. The third kappa shape index (κ3) is 3.82. The van der Waals surface area contributed by atoms with E-state index in [-0.39, 0.29) is 46.4 Å². The normalized spacial score (nSPS) is 17.9. The van der Waals surface area contributed by atoms with E-state index in [1.165, 1.54) is 16.8 Å². The number of nitrogens with one attached hydrogen (secondary N) is 2. The Morgan fingerprint density at radius 2 is 1.93 bits per heavy atom. The summed E-state index contributed by atoms with van der Waals surface area (Å²) in [6, 6.07) is 4.53. The molecule has 2 heterocycles. The topological polar surface area (TPSA) is 110 Å². The molecule has 29 heavy (non-hydrogen) atoms. The summed E-state index contributed by atoms with van der Waals surface area (Å²) in [7, 11) is -3.81. The van der Waals surface area contributed by atoms with E-state index in [1.54, 1.807) is 13.0 Å². The van der Waals surface area contributed by atoms with Gasteiger partial charge in [-0.05, 0) is 37.5 Å². The van der Waals surface area contributed by atoms with Gasteiger partial charge in [0.2, 0.25) is 21.8 Å². The minimum Gasteiger partial charge on any atom is -0.310 e. The number of anilines is 1. The Hall–Kier alpha value is -2.23. The van der Waals surface area contributed by atoms with Gasteiger partial charge in [0.25, 0.3) is 0 Å². The van der Waals surface area contributed by atoms with Crippen LogP contribution in [0.3, 0.4) is 0 Å². The Bertz CT molecular complexity index is 1100. The molecule has 0 saturated heterocycles. The maximum Gasteiger partial charge on any atom is 0.249 e. The number of hydrogen-bond acceptors (Lipinski definition) is 5. The zero-order chi connectivity index (χ0) is 20.8. The van der Waals surface area contributed by atoms with E-state index >= 15 is 0 Å². The number of aromatic nitrogens is 2. The number of carbonyl (C=O) groups excluding carboxylic acids is 2. The fourth-order valence-corrected chi connectivity index (χ4v) is 5.71. The average Bonchev–Trinajstić information content (AvgIpc) is 3.24. The van der Waals surface area contributed by atoms with E-state index in [0.717, 1.165) is 25.7 Å². The molecule has 0 spiro atoms. The van der Waals surface area contributed by atoms with Crippen LogP contribution in [0.5, 0.6) is 0 Å². The number of aryl methyl sites for hydroxylation is 1. The van der Waals surface area contributed by atoms with E-state index in [1.807, 2.05) is 0 Å². The molecule has 0 bridgehead atoms. The maximum absolute atomic E-state index is 12.9. The molecule has 0 radical (unpaired) electrons. The van der Waals surface area contributed by atoms with Crippen molar-refractivity contribution in [1.82, 2.24) is 14.5 Å². The van der Waals surface area contributed by atoms with Crippen LogP contribution in [0.2, 0.25) is 5.02 Å². The summed E-state index contributed by atoms with van der Waals surface area (Å²) < 4.78 is 29.8. The summed E-state index contributed by atoms with van der Waals surface area (Å²) in [5.74, 6) is -0.329. The zero-order valence-electron chi connectivity index (χ0n) is 15.9. The van der Waals surface area contributed by atoms with Crippen LogP contribution in [0.15, 0.2) is 23.1 Å². The number of nitrogens with zero attached hydrogens (tertiary/aromatic N) is 2. The minimum atomic E-state index is -3.81. The predicted molar refractivity (Wildman–Crippen MR) is 108 cm³/mol. The highest BCUT2D eigenvalue weighted by atomic mass is 35.5. The van der Waals surface area contributed by atoms with Crippen molar-refractivity contribution < 1.29 is 18.0 Å². The fraction of sp³-hybridized carbons (Fsp3) is 0.421. The van der Waals surface area contributed by atoms with Gasteiger partial charge in [0.05, 0.1) is 10.7 Å². The van der Waals surface area contributed by atoms with E-state index in [4.69, 9.17) is 11.6 Å². The summed E-state index contributed by atoms with van der Waals surface area (Å²) in [6.07, 6.45) is 3.74. The van der Waals surface area contributed by atoms with Gasteiger partial charge in [0.15, 0.2) is 0 Å². The molecule has 10 heteroatoms. The van der Waals surface area contributed by atoms with Crippen molar-refractivity contribution in [3.05, 3.63) is 28.9 Å². The summed E-state index contributed by atoms with van der Waals surface area (Å²) in [6.45, 7) is 1.70. The predicted octanol–water partition coefficient (Wildman–Crippen LogP) is 3.11. The molecule has 1 amide bonds. The second-order valence-corrected chi connectivity index (χ2v) is 9.50. The number of carbonyl (C=O) groups is 2. The highest BCUT2D eigenvalue weighted by Gasteiger charge is 2.29. The molecule has 1 fully saturated rings. The Kier molecular flexibility index (Phi) is 5.22. The Morgan fingerprint density at radius 3 is 2.66 bits per heavy atom. The lowest BCUT2D eigenvalue weighted by atomic mass is 10.1. The first-order chi connectivity index (χ1) is 13.8. The molecule has 1 saturated carbocycles. The van der Waals surface area contributed by atoms with Crippen molar-refractivity contribution in [2.45, 2.75) is 56.4 Å². The van der Waals surface area contributed by atoms with E-state index in [2.05, 4.69) is 15.1 Å². The van der Waals surface area contributed by atoms with Crippen molar-refractivity contribution in [2.75, 3.05) is 5.32 Å². The van der Waals surface area contributed by atoms with E-state index in [9.17, 15) is 18.0 Å². The molecule has 8 nitrogen and oxygen atoms in total. The first-order valence-corrected chi connectivity index (χ1v) is 11.4. The number of halogens is 1. The summed E-state index contributed by atoms with van der Waals surface area (Å²) in [5.41, 5.74) is 1.52. The molecule has 2 aliphatic rings. The summed E-state index contributed by atoms with van der Waals surface area (Å²) in [4.78, 5) is 24.3. The molecular formula is C19H21ClN4O4S. The molecular weight excluding hydrogens is 416 g/mol. The van der Waals surface area contributed by atoms with E-state index in [0.29, 0.717) is 16.8 Å². The van der Waals surface area contributed by atoms with Gasteiger partial charge in [-0.1, -0.05) is 30.5 Å². The number of fused-ring (bicyclic) bond motifs is 1. The van der Waals surface area contributed by atoms with Crippen LogP contribution >= 0.6 is 11.6 Å². The lowest BCUT2D eigenvalue weighted by Gasteiger charge is -2.15. The Morgan fingerprint density at radius 1 is 1.21 bits per heavy atom. The van der Waals surface area contributed by atoms with Crippen molar-refractivity contribution in [2.24, 2.45) is 0 Å². The van der Waals surface area contributed by atoms with Crippen molar-refractivity contribution in [3.8, 4) is 11.1 Å². The zero-order valence-corrected chi connectivity index (χ0v) is 17.4. The smallest absolute Gasteiger partial charge is 0.249 e. The van der Waals surface area contributed by atoms with Crippen molar-refractivity contribution in [1.29, 1.82) is 0 Å². The van der Waals surface area contributed by atoms with Gasteiger partial charge in [-0.25, -0.2) is 13.1 Å². The second kappa shape index (κ2) is 7.55. The number of benzene rings is 1. The number of amides is 1. The van der Waals surface area contributed by atoms with Crippen LogP contribution in [0, 0.1) is 6.92 Å². The lowest BCUT2D eigenvalue weighted by Crippen LogP contribution is -2.32. The number of sulfonamides is 1. The molecule has 1 aromatic heterocycles. The highest BCUT2D eigenvalue weighted by Crippen LogP contribution is 2.36. The number of hydrogen-bond donors (Lipinski definition) is 2. The van der Waals surface area contributed by atoms with Crippen LogP contribution in [0.25, 0.3) is 11.1 Å². The van der Waals surface area contributed by atoms with Crippen LogP contribution < -0.4 is 10.0 Å². The standard InChI is InChI=1S/C19H21ClN4O4S/c1-11-18(19-21-16(25)8-9-17(26)24(19)22-11)12-6-7-14(20)15(10-12)29(27,28)23-13-4-2-3-5-13/h6-7,10,13,23H,2-5,8-9H2,1H3,(H,21,25). The van der Waals surface area contributed by atoms with Crippen LogP contribution in [-0.4, -0.2) is 36.1 Å². The second-order valence-electron chi connectivity index (χ2n) is 7.41. The number of rotatable bonds is 4. The maximum atomic E-state index is 12.9. The van der Waals surface area contributed by atoms with Gasteiger partial charge in [0.1, 0.15) is 10.7 Å². The molecule has 2 aromatic rings. The molecule has 2 N–H and O–H groups in total. The van der Waals surface area contributed by atoms with Crippen LogP contribution in [-0.2, 0) is 14.8 Å². The Labute approximate surface area is 173 Å². The molecule has 4 rings (SSSR count). The molecule has 154 valence electrons. The molecule has 1 aliphatic carbocycles. The summed E-state index contributed by atoms with van der Waals surface area (Å²) in [5, 5.41) is 7.08. The van der Waals surface area contributed by atoms with Gasteiger partial charge >= 0.3 is 0 Å². The average molecular weight is 437 g/mol. The first-order valence-electron chi connectivity index (χ1n) is 9.51. The first kappa shape index (κ1) is 20.1. The van der Waals surface area contributed by atoms with Gasteiger partial charge < -0.3 is 5.32 Å². The quantitative estimate of drug-likeness (QED) is 0.765. The van der Waals surface area contributed by atoms with E-state index < -0.39 is 10.0 Å². The SMILES string of the molecule is Cc1nn2c(c1-c1ccc(Cl)c(S(=O)(=O)NC3CCCC3)c1)NC(=O)CCC2=O. The fourth-order valence-electron chi connectivity index (χ4n) is 3.88. The van der Waals surface area contributed by atoms with Crippen molar-refractivity contribution in [3.63, 3.8) is 0 Å². The largest absolute Gasteiger partial charge is 0.310 e. The molecule has 0 atom stereocenters. The van der Waals surface area contributed by atoms with Crippen molar-refractivity contribution >= 4 is 39.3 Å². The third-order valence-corrected chi connectivity index (χ3v) is 7.31. The van der Waals surface area contributed by atoms with Gasteiger partial charge in [-0.2, -0.15) is 9.78 Å². The third-order valence-electron chi connectivity index (χ3n) is 5.31. The lowest BCUT2D eigenvalue weighted by molar-refractivity contribution is -0.116. The molecule has 1 aromatic carbocycles. The van der Waals surface area contributed by atoms with Gasteiger partial charge in [-0.3, -0.25) is 9.59 Å².